The number of aromatic nitrogens is 2. The van der Waals surface area contributed by atoms with Gasteiger partial charge in [0.15, 0.2) is 0 Å². The topological polar surface area (TPSA) is 84.3 Å². The van der Waals surface area contributed by atoms with Gasteiger partial charge in [-0.05, 0) is 57.2 Å². The van der Waals surface area contributed by atoms with Crippen LogP contribution in [0.1, 0.15) is 45.6 Å². The second-order valence-electron chi connectivity index (χ2n) is 5.93. The van der Waals surface area contributed by atoms with E-state index in [1.165, 1.54) is 6.08 Å². The van der Waals surface area contributed by atoms with Crippen molar-refractivity contribution in [2.24, 2.45) is 0 Å². The Morgan fingerprint density at radius 3 is 3.00 bits per heavy atom. The highest BCUT2D eigenvalue weighted by Crippen LogP contribution is 2.33. The lowest BCUT2D eigenvalue weighted by Gasteiger charge is -2.27. The molecule has 0 bridgehead atoms. The Kier molecular flexibility index (Phi) is 5.59. The molecule has 7 heteroatoms. The zero-order valence-electron chi connectivity index (χ0n) is 13.6. The summed E-state index contributed by atoms with van der Waals surface area (Å²) in [6.45, 7) is 5.65. The Bertz CT molecular complexity index is 617. The van der Waals surface area contributed by atoms with Crippen molar-refractivity contribution >= 4 is 29.0 Å². The van der Waals surface area contributed by atoms with Crippen LogP contribution in [0.25, 0.3) is 5.57 Å². The molecule has 0 aliphatic heterocycles. The summed E-state index contributed by atoms with van der Waals surface area (Å²) in [5.41, 5.74) is 0.526. The van der Waals surface area contributed by atoms with Crippen molar-refractivity contribution in [3.05, 3.63) is 23.1 Å². The molecule has 1 aromatic rings. The zero-order chi connectivity index (χ0) is 17.0. The van der Waals surface area contributed by atoms with E-state index >= 15 is 0 Å². The quantitative estimate of drug-likeness (QED) is 0.487. The zero-order valence-corrected chi connectivity index (χ0v) is 14.4. The number of carbonyl (C=O) groups is 1. The van der Waals surface area contributed by atoms with Gasteiger partial charge in [0.05, 0.1) is 18.2 Å². The second-order valence-corrected chi connectivity index (χ2v) is 6.27. The Morgan fingerprint density at radius 2 is 2.39 bits per heavy atom. The van der Waals surface area contributed by atoms with Gasteiger partial charge in [0.1, 0.15) is 5.82 Å². The van der Waals surface area contributed by atoms with E-state index in [0.29, 0.717) is 23.6 Å². The van der Waals surface area contributed by atoms with Crippen molar-refractivity contribution in [1.82, 2.24) is 9.97 Å². The largest absolute Gasteiger partial charge is 0.463 e. The standard InChI is InChI=1S/C16H22ClN3O3/c1-4-23-13(21)8-10(2)11-9-18-15(17)20-14(11)19-12-6-5-7-16(12,3)22/h8-9,12,22H,4-7H2,1-3H3,(H,18,19,20)/b10-8+/t12-,16-/m1/s1. The molecule has 2 atom stereocenters. The maximum absolute atomic E-state index is 11.6. The van der Waals surface area contributed by atoms with Crippen molar-refractivity contribution in [3.63, 3.8) is 0 Å². The highest BCUT2D eigenvalue weighted by molar-refractivity contribution is 6.28. The molecular weight excluding hydrogens is 318 g/mol. The van der Waals surface area contributed by atoms with Crippen LogP contribution in [0.15, 0.2) is 12.3 Å². The van der Waals surface area contributed by atoms with Crippen LogP contribution in [0, 0.1) is 0 Å². The number of nitrogens with one attached hydrogen (secondary N) is 1. The lowest BCUT2D eigenvalue weighted by Crippen LogP contribution is -2.39. The molecule has 1 aliphatic carbocycles. The Labute approximate surface area is 140 Å². The van der Waals surface area contributed by atoms with Gasteiger partial charge in [0, 0.05) is 17.8 Å². The lowest BCUT2D eigenvalue weighted by atomic mass is 10.00. The van der Waals surface area contributed by atoms with Crippen LogP contribution >= 0.6 is 11.6 Å². The number of rotatable bonds is 5. The number of aliphatic hydroxyl groups is 1. The van der Waals surface area contributed by atoms with Crippen LogP contribution < -0.4 is 5.32 Å². The molecule has 1 aliphatic rings. The fraction of sp³-hybridized carbons (Fsp3) is 0.562. The van der Waals surface area contributed by atoms with E-state index in [1.54, 1.807) is 27.0 Å². The maximum atomic E-state index is 11.6. The number of esters is 1. The summed E-state index contributed by atoms with van der Waals surface area (Å²) in [5.74, 6) is 0.0917. The molecule has 1 heterocycles. The van der Waals surface area contributed by atoms with Gasteiger partial charge < -0.3 is 15.2 Å². The van der Waals surface area contributed by atoms with Gasteiger partial charge in [-0.2, -0.15) is 0 Å². The van der Waals surface area contributed by atoms with Gasteiger partial charge in [-0.3, -0.25) is 0 Å². The first kappa shape index (κ1) is 17.7. The third-order valence-corrected chi connectivity index (χ3v) is 4.22. The molecule has 23 heavy (non-hydrogen) atoms. The van der Waals surface area contributed by atoms with Crippen molar-refractivity contribution < 1.29 is 14.6 Å². The van der Waals surface area contributed by atoms with E-state index in [0.717, 1.165) is 19.3 Å². The summed E-state index contributed by atoms with van der Waals surface area (Å²) in [7, 11) is 0. The fourth-order valence-corrected chi connectivity index (χ4v) is 2.87. The van der Waals surface area contributed by atoms with E-state index in [1.807, 2.05) is 0 Å². The summed E-state index contributed by atoms with van der Waals surface area (Å²) >= 11 is 5.90. The summed E-state index contributed by atoms with van der Waals surface area (Å²) in [4.78, 5) is 19.8. The third-order valence-electron chi connectivity index (χ3n) is 4.04. The molecule has 0 aromatic carbocycles. The molecule has 2 N–H and O–H groups in total. The number of ether oxygens (including phenoxy) is 1. The summed E-state index contributed by atoms with van der Waals surface area (Å²) < 4.78 is 4.92. The summed E-state index contributed by atoms with van der Waals surface area (Å²) in [6, 6.07) is -0.123. The summed E-state index contributed by atoms with van der Waals surface area (Å²) in [6.07, 6.45) is 5.47. The summed E-state index contributed by atoms with van der Waals surface area (Å²) in [5, 5.41) is 13.8. The molecule has 1 aromatic heterocycles. The third kappa shape index (κ3) is 4.42. The fourth-order valence-electron chi connectivity index (χ4n) is 2.74. The molecule has 2 rings (SSSR count). The van der Waals surface area contributed by atoms with Gasteiger partial charge in [0.25, 0.3) is 0 Å². The number of anilines is 1. The van der Waals surface area contributed by atoms with Gasteiger partial charge in [-0.25, -0.2) is 14.8 Å². The van der Waals surface area contributed by atoms with Gasteiger partial charge in [-0.15, -0.1) is 0 Å². The van der Waals surface area contributed by atoms with E-state index in [4.69, 9.17) is 16.3 Å². The van der Waals surface area contributed by atoms with Crippen LogP contribution in [-0.2, 0) is 9.53 Å². The highest BCUT2D eigenvalue weighted by Gasteiger charge is 2.37. The normalized spacial score (nSPS) is 24.6. The molecule has 1 fully saturated rings. The Balaban J connectivity index is 2.29. The molecule has 0 radical (unpaired) electrons. The molecule has 1 saturated carbocycles. The van der Waals surface area contributed by atoms with Gasteiger partial charge in [0.2, 0.25) is 5.28 Å². The van der Waals surface area contributed by atoms with Crippen molar-refractivity contribution in [1.29, 1.82) is 0 Å². The number of hydrogen-bond acceptors (Lipinski definition) is 6. The first-order valence-electron chi connectivity index (χ1n) is 7.70. The molecule has 0 amide bonds. The van der Waals surface area contributed by atoms with Crippen LogP contribution in [0.3, 0.4) is 0 Å². The van der Waals surface area contributed by atoms with Crippen LogP contribution in [0.2, 0.25) is 5.28 Å². The van der Waals surface area contributed by atoms with E-state index in [-0.39, 0.29) is 11.3 Å². The minimum Gasteiger partial charge on any atom is -0.463 e. The van der Waals surface area contributed by atoms with Gasteiger partial charge in [-0.1, -0.05) is 0 Å². The Hall–Kier alpha value is -1.66. The number of halogens is 1. The molecule has 0 unspecified atom stereocenters. The van der Waals surface area contributed by atoms with E-state index in [2.05, 4.69) is 15.3 Å². The minimum absolute atomic E-state index is 0.109. The lowest BCUT2D eigenvalue weighted by molar-refractivity contribution is -0.137. The molecule has 0 spiro atoms. The number of nitrogens with zero attached hydrogens (tertiary/aromatic N) is 2. The Morgan fingerprint density at radius 1 is 1.65 bits per heavy atom. The molecular formula is C16H22ClN3O3. The maximum Gasteiger partial charge on any atom is 0.331 e. The van der Waals surface area contributed by atoms with Crippen LogP contribution in [0.4, 0.5) is 5.82 Å². The van der Waals surface area contributed by atoms with Crippen molar-refractivity contribution in [2.75, 3.05) is 11.9 Å². The van der Waals surface area contributed by atoms with Gasteiger partial charge >= 0.3 is 5.97 Å². The number of allylic oxidation sites excluding steroid dienone is 1. The molecule has 0 saturated heterocycles. The first-order chi connectivity index (χ1) is 10.8. The minimum atomic E-state index is -0.798. The van der Waals surface area contributed by atoms with Crippen LogP contribution in [0.5, 0.6) is 0 Å². The number of carbonyl (C=O) groups excluding carboxylic acids is 1. The van der Waals surface area contributed by atoms with Crippen molar-refractivity contribution in [2.45, 2.75) is 51.7 Å². The number of hydrogen-bond donors (Lipinski definition) is 2. The second kappa shape index (κ2) is 7.27. The average molecular weight is 340 g/mol. The average Bonchev–Trinajstić information content (AvgIpc) is 2.78. The highest BCUT2D eigenvalue weighted by atomic mass is 35.5. The first-order valence-corrected chi connectivity index (χ1v) is 8.08. The predicted octanol–water partition coefficient (Wildman–Crippen LogP) is 2.81. The smallest absolute Gasteiger partial charge is 0.331 e. The molecule has 126 valence electrons. The predicted molar refractivity (Wildman–Crippen MR) is 89.2 cm³/mol. The van der Waals surface area contributed by atoms with E-state index in [9.17, 15) is 9.90 Å². The molecule has 6 nitrogen and oxygen atoms in total. The van der Waals surface area contributed by atoms with E-state index < -0.39 is 11.6 Å². The van der Waals surface area contributed by atoms with Crippen molar-refractivity contribution in [3.8, 4) is 0 Å². The monoisotopic (exact) mass is 339 g/mol. The van der Waals surface area contributed by atoms with Crippen LogP contribution in [-0.4, -0.2) is 39.3 Å². The SMILES string of the molecule is CCOC(=O)/C=C(\C)c1cnc(Cl)nc1N[C@@H]1CCC[C@@]1(C)O.